The smallest absolute Gasteiger partial charge is 0.333 e. The largest absolute Gasteiger partial charge is 0.460 e. The zero-order chi connectivity index (χ0) is 31.7. The van der Waals surface area contributed by atoms with Crippen LogP contribution in [0.1, 0.15) is 80.6 Å². The molecule has 0 aromatic heterocycles. The third-order valence-electron chi connectivity index (χ3n) is 7.17. The second-order valence-electron chi connectivity index (χ2n) is 11.6. The third kappa shape index (κ3) is 14.3. The summed E-state index contributed by atoms with van der Waals surface area (Å²) in [7, 11) is -7.45. The summed E-state index contributed by atoms with van der Waals surface area (Å²) in [5.41, 5.74) is 0.674. The Morgan fingerprint density at radius 1 is 0.610 bits per heavy atom. The predicted octanol–water partition coefficient (Wildman–Crippen LogP) is 7.38. The van der Waals surface area contributed by atoms with Crippen molar-refractivity contribution in [3.63, 3.8) is 0 Å². The minimum absolute atomic E-state index is 0.0430. The van der Waals surface area contributed by atoms with Gasteiger partial charge in [-0.05, 0) is 64.5 Å². The summed E-state index contributed by atoms with van der Waals surface area (Å²) >= 11 is 0. The standard InChI is InChI=1S/C30H60O8Si3/c1-13-22-39(10,27(16-4)33-18-20-35-29(31)25(6)7)37-41(12,24-15-3)38-40(11,23-14-2)28(17-5)34-19-21-36-30(32)26(8)9/h27-28H,6,8,13-24H2,1-5,7,9-12H3. The van der Waals surface area contributed by atoms with Gasteiger partial charge in [-0.15, -0.1) is 0 Å². The van der Waals surface area contributed by atoms with Crippen molar-refractivity contribution in [2.75, 3.05) is 26.4 Å². The highest BCUT2D eigenvalue weighted by molar-refractivity contribution is 6.89. The summed E-state index contributed by atoms with van der Waals surface area (Å²) in [4.78, 5) is 23.6. The van der Waals surface area contributed by atoms with Crippen molar-refractivity contribution in [2.45, 2.75) is 130 Å². The van der Waals surface area contributed by atoms with E-state index in [1.54, 1.807) is 13.8 Å². The minimum atomic E-state index is -2.64. The van der Waals surface area contributed by atoms with Crippen molar-refractivity contribution in [1.29, 1.82) is 0 Å². The van der Waals surface area contributed by atoms with Crippen molar-refractivity contribution >= 4 is 37.1 Å². The van der Waals surface area contributed by atoms with Crippen LogP contribution in [0.25, 0.3) is 0 Å². The number of hydrogen-bond donors (Lipinski definition) is 0. The molecule has 4 atom stereocenters. The Labute approximate surface area is 254 Å². The van der Waals surface area contributed by atoms with Gasteiger partial charge in [0.25, 0.3) is 0 Å². The summed E-state index contributed by atoms with van der Waals surface area (Å²) in [6.07, 6.45) is 4.61. The number of rotatable bonds is 24. The van der Waals surface area contributed by atoms with E-state index < -0.39 is 37.1 Å². The Morgan fingerprint density at radius 3 is 1.22 bits per heavy atom. The summed E-state index contributed by atoms with van der Waals surface area (Å²) in [5, 5.41) is 0. The number of hydrogen-bond acceptors (Lipinski definition) is 8. The van der Waals surface area contributed by atoms with Crippen molar-refractivity contribution in [3.8, 4) is 0 Å². The molecule has 0 bridgehead atoms. The zero-order valence-electron chi connectivity index (χ0n) is 27.8. The van der Waals surface area contributed by atoms with Gasteiger partial charge in [0, 0.05) is 11.1 Å². The van der Waals surface area contributed by atoms with Gasteiger partial charge in [-0.2, -0.15) is 0 Å². The number of carbonyl (C=O) groups excluding carboxylic acids is 2. The van der Waals surface area contributed by atoms with E-state index in [9.17, 15) is 9.59 Å². The average molecular weight is 633 g/mol. The fourth-order valence-corrected chi connectivity index (χ4v) is 22.8. The Bertz CT molecular complexity index is 764. The van der Waals surface area contributed by atoms with Crippen molar-refractivity contribution in [1.82, 2.24) is 0 Å². The Morgan fingerprint density at radius 2 is 0.951 bits per heavy atom. The molecular weight excluding hydrogens is 573 g/mol. The van der Waals surface area contributed by atoms with Crippen LogP contribution in [0.15, 0.2) is 24.3 Å². The molecule has 0 heterocycles. The number of esters is 2. The quantitative estimate of drug-likeness (QED) is 0.0471. The first-order chi connectivity index (χ1) is 19.2. The minimum Gasteiger partial charge on any atom is -0.460 e. The highest BCUT2D eigenvalue weighted by atomic mass is 28.5. The van der Waals surface area contributed by atoms with Crippen LogP contribution in [0, 0.1) is 0 Å². The molecule has 0 N–H and O–H groups in total. The molecule has 0 saturated heterocycles. The van der Waals surface area contributed by atoms with E-state index >= 15 is 0 Å². The molecule has 8 nitrogen and oxygen atoms in total. The van der Waals surface area contributed by atoms with Gasteiger partial charge in [-0.3, -0.25) is 0 Å². The van der Waals surface area contributed by atoms with Crippen LogP contribution in [0.4, 0.5) is 0 Å². The molecule has 11 heteroatoms. The molecule has 0 fully saturated rings. The zero-order valence-corrected chi connectivity index (χ0v) is 30.8. The molecular formula is C30H60O8Si3. The Hall–Kier alpha value is -1.09. The lowest BCUT2D eigenvalue weighted by Crippen LogP contribution is -2.63. The highest BCUT2D eigenvalue weighted by Crippen LogP contribution is 2.35. The molecule has 0 saturated carbocycles. The van der Waals surface area contributed by atoms with Crippen LogP contribution < -0.4 is 0 Å². The lowest BCUT2D eigenvalue weighted by molar-refractivity contribution is -0.141. The summed E-state index contributed by atoms with van der Waals surface area (Å²) < 4.78 is 37.8. The van der Waals surface area contributed by atoms with Crippen LogP contribution in [0.3, 0.4) is 0 Å². The fourth-order valence-electron chi connectivity index (χ4n) is 5.46. The molecule has 0 aromatic carbocycles. The first-order valence-electron chi connectivity index (χ1n) is 15.5. The van der Waals surface area contributed by atoms with E-state index in [4.69, 9.17) is 27.2 Å². The second kappa shape index (κ2) is 20.0. The van der Waals surface area contributed by atoms with Crippen molar-refractivity contribution in [3.05, 3.63) is 24.3 Å². The fraction of sp³-hybridized carbons (Fsp3) is 0.800. The first kappa shape index (κ1) is 39.9. The van der Waals surface area contributed by atoms with Gasteiger partial charge in [0.05, 0.1) is 24.7 Å². The normalized spacial score (nSPS) is 17.4. The van der Waals surface area contributed by atoms with E-state index in [-0.39, 0.29) is 24.7 Å². The van der Waals surface area contributed by atoms with Gasteiger partial charge in [-0.1, -0.05) is 67.0 Å². The summed E-state index contributed by atoms with van der Waals surface area (Å²) in [6.45, 7) is 29.2. The van der Waals surface area contributed by atoms with Gasteiger partial charge in [0.2, 0.25) is 16.6 Å². The lowest BCUT2D eigenvalue weighted by Gasteiger charge is -2.47. The van der Waals surface area contributed by atoms with E-state index in [2.05, 4.69) is 67.4 Å². The molecule has 0 aliphatic rings. The van der Waals surface area contributed by atoms with Crippen molar-refractivity contribution < 1.29 is 36.8 Å². The molecule has 0 aliphatic carbocycles. The maximum absolute atomic E-state index is 11.8. The highest BCUT2D eigenvalue weighted by Gasteiger charge is 2.50. The molecule has 0 aliphatic heterocycles. The molecule has 0 aromatic rings. The van der Waals surface area contributed by atoms with Crippen LogP contribution in [-0.4, -0.2) is 75.0 Å². The maximum Gasteiger partial charge on any atom is 0.333 e. The maximum atomic E-state index is 11.8. The molecule has 0 spiro atoms. The molecule has 41 heavy (non-hydrogen) atoms. The number of carbonyl (C=O) groups is 2. The second-order valence-corrected chi connectivity index (χ2v) is 23.5. The Kier molecular flexibility index (Phi) is 19.4. The molecule has 4 unspecified atom stereocenters. The third-order valence-corrected chi connectivity index (χ3v) is 22.6. The summed E-state index contributed by atoms with van der Waals surface area (Å²) in [6, 6.07) is 2.81. The molecule has 240 valence electrons. The number of ether oxygens (including phenoxy) is 4. The van der Waals surface area contributed by atoms with Gasteiger partial charge < -0.3 is 27.2 Å². The van der Waals surface area contributed by atoms with Crippen LogP contribution in [-0.2, 0) is 36.8 Å². The van der Waals surface area contributed by atoms with Crippen LogP contribution in [0.2, 0.25) is 37.8 Å². The van der Waals surface area contributed by atoms with Crippen molar-refractivity contribution in [2.24, 2.45) is 0 Å². The average Bonchev–Trinajstić information content (AvgIpc) is 2.87. The predicted molar refractivity (Wildman–Crippen MR) is 174 cm³/mol. The van der Waals surface area contributed by atoms with Gasteiger partial charge >= 0.3 is 20.5 Å². The lowest BCUT2D eigenvalue weighted by atomic mass is 10.4. The van der Waals surface area contributed by atoms with Crippen LogP contribution in [0.5, 0.6) is 0 Å². The van der Waals surface area contributed by atoms with E-state index in [1.165, 1.54) is 0 Å². The molecule has 0 amide bonds. The Balaban J connectivity index is 5.85. The van der Waals surface area contributed by atoms with E-state index in [0.717, 1.165) is 50.2 Å². The van der Waals surface area contributed by atoms with Gasteiger partial charge in [0.1, 0.15) is 13.2 Å². The van der Waals surface area contributed by atoms with Crippen LogP contribution >= 0.6 is 0 Å². The first-order valence-corrected chi connectivity index (χ1v) is 23.4. The topological polar surface area (TPSA) is 89.5 Å². The SMILES string of the molecule is C=C(C)C(=O)OCCOC(CC)[Si](C)(CCC)O[Si](C)(CCC)O[Si](C)(CCC)C(CC)OCCOC(=O)C(=C)C. The monoisotopic (exact) mass is 632 g/mol. The molecule has 0 rings (SSSR count). The van der Waals surface area contributed by atoms with Gasteiger partial charge in [-0.25, -0.2) is 9.59 Å². The van der Waals surface area contributed by atoms with Gasteiger partial charge in [0.15, 0.2) is 0 Å². The molecule has 0 radical (unpaired) electrons. The van der Waals surface area contributed by atoms with E-state index in [0.29, 0.717) is 24.4 Å². The van der Waals surface area contributed by atoms with E-state index in [1.807, 2.05) is 0 Å². The summed E-state index contributed by atoms with van der Waals surface area (Å²) in [5.74, 6) is -0.797.